The third-order valence-corrected chi connectivity index (χ3v) is 6.98. The van der Waals surface area contributed by atoms with Gasteiger partial charge in [-0.3, -0.25) is 14.2 Å². The maximum absolute atomic E-state index is 13.9. The number of hydrogen-bond donors (Lipinski definition) is 0. The van der Waals surface area contributed by atoms with Crippen LogP contribution < -0.4 is 0 Å². The number of ether oxygens (including phenoxy) is 1. The highest BCUT2D eigenvalue weighted by Crippen LogP contribution is 2.63. The summed E-state index contributed by atoms with van der Waals surface area (Å²) < 4.78 is 30.6. The molecule has 0 saturated heterocycles. The molecule has 0 heterocycles. The average molecular weight is 426 g/mol. The second-order valence-corrected chi connectivity index (χ2v) is 9.21. The summed E-state index contributed by atoms with van der Waals surface area (Å²) >= 11 is 0. The standard InChI is InChI=1S/C22H35O6P/c1-5-8-15-27-29(25,28-16-9-6-2)21(19-13-11-10-12-14-19)17-20(18(4)23)22(24)26-7-3/h10-14,20-21H,5-9,15-17H2,1-4H3. The van der Waals surface area contributed by atoms with Gasteiger partial charge < -0.3 is 13.8 Å². The van der Waals surface area contributed by atoms with Gasteiger partial charge in [0.1, 0.15) is 11.7 Å². The monoisotopic (exact) mass is 426 g/mol. The number of benzene rings is 1. The van der Waals surface area contributed by atoms with Gasteiger partial charge in [0.25, 0.3) is 0 Å². The van der Waals surface area contributed by atoms with Crippen molar-refractivity contribution in [2.75, 3.05) is 19.8 Å². The molecule has 0 N–H and O–H groups in total. The predicted octanol–water partition coefficient (Wildman–Crippen LogP) is 5.71. The van der Waals surface area contributed by atoms with Gasteiger partial charge in [0, 0.05) is 0 Å². The second kappa shape index (κ2) is 13.7. The highest BCUT2D eigenvalue weighted by Gasteiger charge is 2.41. The number of hydrogen-bond acceptors (Lipinski definition) is 6. The van der Waals surface area contributed by atoms with E-state index in [1.807, 2.05) is 44.2 Å². The third kappa shape index (κ3) is 8.41. The van der Waals surface area contributed by atoms with Crippen LogP contribution in [-0.2, 0) is 27.9 Å². The van der Waals surface area contributed by atoms with Crippen LogP contribution in [-0.4, -0.2) is 31.6 Å². The topological polar surface area (TPSA) is 78.9 Å². The summed E-state index contributed by atoms with van der Waals surface area (Å²) in [6.07, 6.45) is 3.30. The number of Topliss-reactive ketones (excluding diaryl/α,β-unsaturated/α-hetero) is 1. The Kier molecular flexibility index (Phi) is 12.1. The Morgan fingerprint density at radius 2 is 1.52 bits per heavy atom. The van der Waals surface area contributed by atoms with E-state index in [0.29, 0.717) is 13.2 Å². The first-order valence-electron chi connectivity index (χ1n) is 10.5. The van der Waals surface area contributed by atoms with Crippen molar-refractivity contribution in [2.45, 2.75) is 65.5 Å². The van der Waals surface area contributed by atoms with Crippen LogP contribution >= 0.6 is 7.60 Å². The van der Waals surface area contributed by atoms with Crippen molar-refractivity contribution >= 4 is 19.3 Å². The Labute approximate surface area is 174 Å². The lowest BCUT2D eigenvalue weighted by molar-refractivity contribution is -0.151. The van der Waals surface area contributed by atoms with Crippen LogP contribution in [0.4, 0.5) is 0 Å². The fourth-order valence-electron chi connectivity index (χ4n) is 2.91. The van der Waals surface area contributed by atoms with Crippen molar-refractivity contribution < 1.29 is 27.9 Å². The summed E-state index contributed by atoms with van der Waals surface area (Å²) in [5.41, 5.74) is -0.00454. The van der Waals surface area contributed by atoms with E-state index in [4.69, 9.17) is 13.8 Å². The minimum Gasteiger partial charge on any atom is -0.465 e. The number of unbranched alkanes of at least 4 members (excludes halogenated alkanes) is 2. The number of ketones is 1. The van der Waals surface area contributed by atoms with Crippen molar-refractivity contribution in [1.29, 1.82) is 0 Å². The van der Waals surface area contributed by atoms with Gasteiger partial charge in [0.15, 0.2) is 0 Å². The number of carbonyl (C=O) groups excluding carboxylic acids is 2. The molecule has 1 rings (SSSR count). The van der Waals surface area contributed by atoms with Crippen LogP contribution in [0.2, 0.25) is 0 Å². The van der Waals surface area contributed by atoms with E-state index in [2.05, 4.69) is 0 Å². The summed E-state index contributed by atoms with van der Waals surface area (Å²) in [6, 6.07) is 9.17. The fraction of sp³-hybridized carbons (Fsp3) is 0.636. The van der Waals surface area contributed by atoms with E-state index >= 15 is 0 Å². The first-order chi connectivity index (χ1) is 13.9. The van der Waals surface area contributed by atoms with Crippen LogP contribution in [0.25, 0.3) is 0 Å². The molecule has 0 saturated carbocycles. The van der Waals surface area contributed by atoms with E-state index in [9.17, 15) is 14.2 Å². The normalized spacial score (nSPS) is 13.7. The van der Waals surface area contributed by atoms with Crippen LogP contribution in [0.5, 0.6) is 0 Å². The zero-order chi connectivity index (χ0) is 21.7. The summed E-state index contributed by atoms with van der Waals surface area (Å²) in [5.74, 6) is -1.94. The second-order valence-electron chi connectivity index (χ2n) is 6.99. The Morgan fingerprint density at radius 3 is 1.97 bits per heavy atom. The molecule has 0 aliphatic rings. The highest BCUT2D eigenvalue weighted by molar-refractivity contribution is 7.54. The van der Waals surface area contributed by atoms with E-state index in [1.165, 1.54) is 6.92 Å². The molecule has 1 aromatic carbocycles. The lowest BCUT2D eigenvalue weighted by atomic mass is 9.96. The Bertz CT molecular complexity index is 647. The van der Waals surface area contributed by atoms with Gasteiger partial charge in [0.2, 0.25) is 0 Å². The predicted molar refractivity (Wildman–Crippen MR) is 114 cm³/mol. The minimum absolute atomic E-state index is 0.0215. The van der Waals surface area contributed by atoms with Gasteiger partial charge in [-0.15, -0.1) is 0 Å². The molecule has 164 valence electrons. The number of carbonyl (C=O) groups is 2. The van der Waals surface area contributed by atoms with Crippen LogP contribution in [0.3, 0.4) is 0 Å². The Morgan fingerprint density at radius 1 is 0.966 bits per heavy atom. The van der Waals surface area contributed by atoms with E-state index in [1.54, 1.807) is 6.92 Å². The molecular weight excluding hydrogens is 391 g/mol. The lowest BCUT2D eigenvalue weighted by Gasteiger charge is -2.29. The molecule has 2 atom stereocenters. The first kappa shape index (κ1) is 25.5. The van der Waals surface area contributed by atoms with Crippen molar-refractivity contribution in [3.8, 4) is 0 Å². The van der Waals surface area contributed by atoms with E-state index in [-0.39, 0.29) is 18.8 Å². The zero-order valence-corrected chi connectivity index (χ0v) is 19.0. The van der Waals surface area contributed by atoms with E-state index < -0.39 is 25.1 Å². The molecule has 0 bridgehead atoms. The SMILES string of the molecule is CCCCOP(=O)(OCCCC)C(CC(C(C)=O)C(=O)OCC)c1ccccc1. The molecule has 0 spiro atoms. The molecule has 1 aromatic rings. The minimum atomic E-state index is -3.62. The Hall–Kier alpha value is -1.49. The lowest BCUT2D eigenvalue weighted by Crippen LogP contribution is -2.27. The maximum Gasteiger partial charge on any atom is 0.338 e. The smallest absolute Gasteiger partial charge is 0.338 e. The highest BCUT2D eigenvalue weighted by atomic mass is 31.2. The molecule has 7 heteroatoms. The van der Waals surface area contributed by atoms with Crippen LogP contribution in [0, 0.1) is 5.92 Å². The van der Waals surface area contributed by atoms with Gasteiger partial charge in [-0.2, -0.15) is 0 Å². The zero-order valence-electron chi connectivity index (χ0n) is 18.1. The van der Waals surface area contributed by atoms with Gasteiger partial charge >= 0.3 is 13.6 Å². The molecule has 0 fully saturated rings. The van der Waals surface area contributed by atoms with Crippen molar-refractivity contribution in [3.05, 3.63) is 35.9 Å². The van der Waals surface area contributed by atoms with Crippen molar-refractivity contribution in [3.63, 3.8) is 0 Å². The first-order valence-corrected chi connectivity index (χ1v) is 12.1. The molecule has 0 amide bonds. The molecule has 2 unspecified atom stereocenters. The summed E-state index contributed by atoms with van der Waals surface area (Å²) in [5, 5.41) is 0. The molecule has 6 nitrogen and oxygen atoms in total. The van der Waals surface area contributed by atoms with Crippen molar-refractivity contribution in [1.82, 2.24) is 0 Å². The van der Waals surface area contributed by atoms with Gasteiger partial charge in [-0.25, -0.2) is 0 Å². The molecular formula is C22H35O6P. The molecule has 0 aliphatic heterocycles. The van der Waals surface area contributed by atoms with Gasteiger partial charge in [-0.1, -0.05) is 57.0 Å². The molecule has 29 heavy (non-hydrogen) atoms. The summed E-state index contributed by atoms with van der Waals surface area (Å²) in [7, 11) is -3.62. The van der Waals surface area contributed by atoms with Gasteiger partial charge in [-0.05, 0) is 38.7 Å². The fourth-order valence-corrected chi connectivity index (χ4v) is 5.11. The quantitative estimate of drug-likeness (QED) is 0.155. The Balaban J connectivity index is 3.28. The largest absolute Gasteiger partial charge is 0.465 e. The average Bonchev–Trinajstić information content (AvgIpc) is 2.69. The van der Waals surface area contributed by atoms with E-state index in [0.717, 1.165) is 31.2 Å². The molecule has 0 aliphatic carbocycles. The van der Waals surface area contributed by atoms with Crippen LogP contribution in [0.1, 0.15) is 71.0 Å². The molecule has 0 radical (unpaired) electrons. The maximum atomic E-state index is 13.9. The van der Waals surface area contributed by atoms with Crippen LogP contribution in [0.15, 0.2) is 30.3 Å². The van der Waals surface area contributed by atoms with Crippen molar-refractivity contribution in [2.24, 2.45) is 5.92 Å². The number of rotatable bonds is 15. The summed E-state index contributed by atoms with van der Waals surface area (Å²) in [6.45, 7) is 7.86. The molecule has 0 aromatic heterocycles. The number of esters is 1. The third-order valence-electron chi connectivity index (χ3n) is 4.63. The summed E-state index contributed by atoms with van der Waals surface area (Å²) in [4.78, 5) is 24.6. The van der Waals surface area contributed by atoms with Gasteiger partial charge in [0.05, 0.1) is 25.5 Å².